The minimum atomic E-state index is -0.522. The topological polar surface area (TPSA) is 84.9 Å². The first kappa shape index (κ1) is 11.6. The number of thioether (sulfide) groups is 1. The number of nitrogens with one attached hydrogen (secondary N) is 1. The summed E-state index contributed by atoms with van der Waals surface area (Å²) in [6.45, 7) is 0. The Balaban J connectivity index is 2.46. The fourth-order valence-electron chi connectivity index (χ4n) is 1.62. The molecular formula is C12H13N3OS. The molecule has 2 rings (SSSR count). The number of carbonyl (C=O) groups excluding carboxylic acids is 1. The highest BCUT2D eigenvalue weighted by atomic mass is 32.2. The van der Waals surface area contributed by atoms with Crippen molar-refractivity contribution in [1.29, 1.82) is 0 Å². The lowest BCUT2D eigenvalue weighted by molar-refractivity contribution is 0.100. The third-order valence-corrected chi connectivity index (χ3v) is 3.22. The summed E-state index contributed by atoms with van der Waals surface area (Å²) in [5.74, 6) is -0.215. The van der Waals surface area contributed by atoms with E-state index in [9.17, 15) is 4.79 Å². The molecule has 0 spiro atoms. The van der Waals surface area contributed by atoms with Gasteiger partial charge in [-0.25, -0.2) is 0 Å². The standard InChI is InChI=1S/C12H13N3OS/c1-17-8-4-2-3-7(5-8)10-6-9(12(14)16)11(13)15-10/h2-6,15H,13H2,1H3,(H2,14,16). The van der Waals surface area contributed by atoms with Crippen molar-refractivity contribution in [3.8, 4) is 11.3 Å². The number of hydrogen-bond acceptors (Lipinski definition) is 3. The Kier molecular flexibility index (Phi) is 3.10. The van der Waals surface area contributed by atoms with Gasteiger partial charge in [0.05, 0.1) is 5.56 Å². The third-order valence-electron chi connectivity index (χ3n) is 2.49. The Hall–Kier alpha value is -1.88. The van der Waals surface area contributed by atoms with E-state index >= 15 is 0 Å². The van der Waals surface area contributed by atoms with E-state index in [0.717, 1.165) is 16.2 Å². The Morgan fingerprint density at radius 1 is 1.35 bits per heavy atom. The van der Waals surface area contributed by atoms with Gasteiger partial charge in [0.15, 0.2) is 0 Å². The first-order chi connectivity index (χ1) is 8.11. The van der Waals surface area contributed by atoms with Gasteiger partial charge in [0, 0.05) is 10.6 Å². The molecule has 1 amide bonds. The lowest BCUT2D eigenvalue weighted by Crippen LogP contribution is -2.11. The second kappa shape index (κ2) is 4.55. The predicted octanol–water partition coefficient (Wildman–Crippen LogP) is 2.08. The summed E-state index contributed by atoms with van der Waals surface area (Å²) in [6, 6.07) is 9.64. The molecule has 1 aromatic carbocycles. The fraction of sp³-hybridized carbons (Fsp3) is 0.0833. The number of amides is 1. The minimum absolute atomic E-state index is 0.307. The molecule has 0 saturated carbocycles. The van der Waals surface area contributed by atoms with Gasteiger partial charge in [-0.2, -0.15) is 0 Å². The lowest BCUT2D eigenvalue weighted by atomic mass is 10.1. The molecule has 0 fully saturated rings. The van der Waals surface area contributed by atoms with Crippen LogP contribution < -0.4 is 11.5 Å². The molecule has 17 heavy (non-hydrogen) atoms. The van der Waals surface area contributed by atoms with E-state index in [1.165, 1.54) is 0 Å². The van der Waals surface area contributed by atoms with Crippen LogP contribution in [0.3, 0.4) is 0 Å². The van der Waals surface area contributed by atoms with Crippen LogP contribution in [0.1, 0.15) is 10.4 Å². The number of rotatable bonds is 3. The van der Waals surface area contributed by atoms with Crippen LogP contribution >= 0.6 is 11.8 Å². The van der Waals surface area contributed by atoms with Crippen molar-refractivity contribution in [2.75, 3.05) is 12.0 Å². The average molecular weight is 247 g/mol. The molecule has 0 atom stereocenters. The first-order valence-electron chi connectivity index (χ1n) is 5.04. The van der Waals surface area contributed by atoms with E-state index in [4.69, 9.17) is 11.5 Å². The Morgan fingerprint density at radius 3 is 2.71 bits per heavy atom. The van der Waals surface area contributed by atoms with Crippen LogP contribution in [0, 0.1) is 0 Å². The van der Waals surface area contributed by atoms with Gasteiger partial charge in [0.1, 0.15) is 5.82 Å². The van der Waals surface area contributed by atoms with Crippen LogP contribution in [0.4, 0.5) is 5.82 Å². The van der Waals surface area contributed by atoms with Crippen LogP contribution in [0.2, 0.25) is 0 Å². The van der Waals surface area contributed by atoms with Crippen molar-refractivity contribution in [2.45, 2.75) is 4.90 Å². The van der Waals surface area contributed by atoms with Gasteiger partial charge >= 0.3 is 0 Å². The number of nitrogens with two attached hydrogens (primary N) is 2. The molecule has 0 radical (unpaired) electrons. The summed E-state index contributed by atoms with van der Waals surface area (Å²) in [5.41, 5.74) is 13.0. The largest absolute Gasteiger partial charge is 0.385 e. The molecule has 88 valence electrons. The number of anilines is 1. The monoisotopic (exact) mass is 247 g/mol. The van der Waals surface area contributed by atoms with Gasteiger partial charge < -0.3 is 16.5 Å². The number of nitrogen functional groups attached to an aromatic ring is 1. The molecule has 0 aliphatic carbocycles. The number of primary amides is 1. The van der Waals surface area contributed by atoms with Gasteiger partial charge in [-0.15, -0.1) is 11.8 Å². The maximum atomic E-state index is 11.1. The second-order valence-electron chi connectivity index (χ2n) is 3.61. The fourth-order valence-corrected chi connectivity index (χ4v) is 2.08. The number of aromatic amines is 1. The Morgan fingerprint density at radius 2 is 2.12 bits per heavy atom. The van der Waals surface area contributed by atoms with Crippen molar-refractivity contribution in [2.24, 2.45) is 5.73 Å². The van der Waals surface area contributed by atoms with Gasteiger partial charge in [0.2, 0.25) is 0 Å². The molecule has 0 aliphatic heterocycles. The van der Waals surface area contributed by atoms with Crippen LogP contribution in [-0.4, -0.2) is 17.1 Å². The number of benzene rings is 1. The van der Waals surface area contributed by atoms with Gasteiger partial charge in [-0.1, -0.05) is 12.1 Å². The normalized spacial score (nSPS) is 10.4. The number of aromatic nitrogens is 1. The van der Waals surface area contributed by atoms with Crippen LogP contribution in [0.5, 0.6) is 0 Å². The van der Waals surface area contributed by atoms with Gasteiger partial charge in [-0.05, 0) is 30.0 Å². The summed E-state index contributed by atoms with van der Waals surface area (Å²) in [7, 11) is 0. The molecule has 1 aromatic heterocycles. The molecule has 4 nitrogen and oxygen atoms in total. The van der Waals surface area contributed by atoms with Crippen molar-refractivity contribution in [1.82, 2.24) is 4.98 Å². The van der Waals surface area contributed by atoms with E-state index in [1.54, 1.807) is 17.8 Å². The summed E-state index contributed by atoms with van der Waals surface area (Å²) in [4.78, 5) is 15.2. The summed E-state index contributed by atoms with van der Waals surface area (Å²) in [5, 5.41) is 0. The molecule has 5 heteroatoms. The van der Waals surface area contributed by atoms with Crippen molar-refractivity contribution < 1.29 is 4.79 Å². The van der Waals surface area contributed by atoms with Gasteiger partial charge in [-0.3, -0.25) is 4.79 Å². The van der Waals surface area contributed by atoms with Crippen molar-refractivity contribution in [3.05, 3.63) is 35.9 Å². The van der Waals surface area contributed by atoms with E-state index in [0.29, 0.717) is 11.4 Å². The zero-order valence-corrected chi connectivity index (χ0v) is 10.2. The van der Waals surface area contributed by atoms with Crippen LogP contribution in [-0.2, 0) is 0 Å². The number of carbonyl (C=O) groups is 1. The number of H-pyrrole nitrogens is 1. The SMILES string of the molecule is CSc1cccc(-c2cc(C(N)=O)c(N)[nH]2)c1. The highest BCUT2D eigenvalue weighted by Crippen LogP contribution is 2.26. The first-order valence-corrected chi connectivity index (χ1v) is 6.27. The van der Waals surface area contributed by atoms with Crippen LogP contribution in [0.25, 0.3) is 11.3 Å². The van der Waals surface area contributed by atoms with E-state index in [1.807, 2.05) is 30.5 Å². The zero-order chi connectivity index (χ0) is 12.4. The summed E-state index contributed by atoms with van der Waals surface area (Å²) >= 11 is 1.66. The zero-order valence-electron chi connectivity index (χ0n) is 9.36. The maximum absolute atomic E-state index is 11.1. The molecular weight excluding hydrogens is 234 g/mol. The smallest absolute Gasteiger partial charge is 0.252 e. The van der Waals surface area contributed by atoms with E-state index < -0.39 is 5.91 Å². The van der Waals surface area contributed by atoms with E-state index in [2.05, 4.69) is 4.98 Å². The second-order valence-corrected chi connectivity index (χ2v) is 4.49. The molecule has 2 aromatic rings. The highest BCUT2D eigenvalue weighted by Gasteiger charge is 2.11. The van der Waals surface area contributed by atoms with E-state index in [-0.39, 0.29) is 0 Å². The molecule has 0 saturated heterocycles. The Bertz CT molecular complexity index is 563. The average Bonchev–Trinajstić information content (AvgIpc) is 2.71. The quantitative estimate of drug-likeness (QED) is 0.726. The molecule has 0 aliphatic rings. The lowest BCUT2D eigenvalue weighted by Gasteiger charge is -2.00. The summed E-state index contributed by atoms with van der Waals surface area (Å²) < 4.78 is 0. The summed E-state index contributed by atoms with van der Waals surface area (Å²) in [6.07, 6.45) is 2.01. The molecule has 0 bridgehead atoms. The third kappa shape index (κ3) is 2.29. The number of hydrogen-bond donors (Lipinski definition) is 3. The predicted molar refractivity (Wildman–Crippen MR) is 70.9 cm³/mol. The highest BCUT2D eigenvalue weighted by molar-refractivity contribution is 7.98. The maximum Gasteiger partial charge on any atom is 0.252 e. The van der Waals surface area contributed by atoms with Crippen molar-refractivity contribution >= 4 is 23.5 Å². The Labute approximate surface area is 103 Å². The molecule has 1 heterocycles. The molecule has 5 N–H and O–H groups in total. The van der Waals surface area contributed by atoms with Crippen molar-refractivity contribution in [3.63, 3.8) is 0 Å². The molecule has 0 unspecified atom stereocenters. The van der Waals surface area contributed by atoms with Crippen LogP contribution in [0.15, 0.2) is 35.2 Å². The minimum Gasteiger partial charge on any atom is -0.385 e. The van der Waals surface area contributed by atoms with Gasteiger partial charge in [0.25, 0.3) is 5.91 Å².